The van der Waals surface area contributed by atoms with Crippen LogP contribution in [0, 0.1) is 0 Å². The lowest BCUT2D eigenvalue weighted by molar-refractivity contribution is 0.415. The Balaban J connectivity index is 1.39. The lowest BCUT2D eigenvalue weighted by atomic mass is 10.2. The second kappa shape index (κ2) is 9.70. The van der Waals surface area contributed by atoms with Crippen LogP contribution in [0.5, 0.6) is 5.75 Å². The van der Waals surface area contributed by atoms with Gasteiger partial charge in [0.25, 0.3) is 0 Å². The van der Waals surface area contributed by atoms with Crippen molar-refractivity contribution in [3.63, 3.8) is 0 Å². The van der Waals surface area contributed by atoms with Crippen LogP contribution in [0.25, 0.3) is 17.1 Å². The maximum Gasteiger partial charge on any atom is 0.226 e. The SMILES string of the molecule is COc1ccc(-c2nnc(SCc3nnc(Cc4ccccc4)o3)n2-c2ccccc2)cc1. The number of para-hydroxylation sites is 1. The molecule has 164 valence electrons. The molecule has 33 heavy (non-hydrogen) atoms. The molecule has 0 N–H and O–H groups in total. The molecular weight excluding hydrogens is 434 g/mol. The number of ether oxygens (including phenoxy) is 1. The molecule has 5 aromatic rings. The Morgan fingerprint density at radius 2 is 1.48 bits per heavy atom. The second-order valence-corrected chi connectivity index (χ2v) is 8.19. The van der Waals surface area contributed by atoms with Crippen LogP contribution in [0.4, 0.5) is 0 Å². The van der Waals surface area contributed by atoms with Gasteiger partial charge in [0, 0.05) is 11.3 Å². The van der Waals surface area contributed by atoms with Gasteiger partial charge in [0.15, 0.2) is 11.0 Å². The van der Waals surface area contributed by atoms with E-state index in [0.29, 0.717) is 24.0 Å². The van der Waals surface area contributed by atoms with Crippen molar-refractivity contribution < 1.29 is 9.15 Å². The highest BCUT2D eigenvalue weighted by atomic mass is 32.2. The highest BCUT2D eigenvalue weighted by Crippen LogP contribution is 2.30. The van der Waals surface area contributed by atoms with Gasteiger partial charge in [0.1, 0.15) is 5.75 Å². The number of hydrogen-bond donors (Lipinski definition) is 0. The molecule has 0 aliphatic rings. The van der Waals surface area contributed by atoms with E-state index in [-0.39, 0.29) is 0 Å². The normalized spacial score (nSPS) is 10.9. The largest absolute Gasteiger partial charge is 0.497 e. The average Bonchev–Trinajstić information content (AvgIpc) is 3.51. The van der Waals surface area contributed by atoms with Gasteiger partial charge in [-0.15, -0.1) is 20.4 Å². The average molecular weight is 456 g/mol. The highest BCUT2D eigenvalue weighted by Gasteiger charge is 2.17. The van der Waals surface area contributed by atoms with E-state index in [0.717, 1.165) is 33.5 Å². The van der Waals surface area contributed by atoms with Crippen LogP contribution in [-0.4, -0.2) is 32.1 Å². The molecule has 0 atom stereocenters. The molecule has 2 heterocycles. The van der Waals surface area contributed by atoms with Crippen molar-refractivity contribution >= 4 is 11.8 Å². The van der Waals surface area contributed by atoms with Crippen LogP contribution in [0.2, 0.25) is 0 Å². The zero-order valence-electron chi connectivity index (χ0n) is 18.0. The zero-order valence-corrected chi connectivity index (χ0v) is 18.8. The topological polar surface area (TPSA) is 78.9 Å². The van der Waals surface area contributed by atoms with Crippen molar-refractivity contribution in [2.45, 2.75) is 17.3 Å². The Kier molecular flexibility index (Phi) is 6.16. The van der Waals surface area contributed by atoms with Gasteiger partial charge in [-0.25, -0.2) is 0 Å². The van der Waals surface area contributed by atoms with Crippen LogP contribution in [-0.2, 0) is 12.2 Å². The third-order valence-electron chi connectivity index (χ3n) is 5.03. The van der Waals surface area contributed by atoms with Crippen LogP contribution in [0.3, 0.4) is 0 Å². The lowest BCUT2D eigenvalue weighted by Gasteiger charge is -2.10. The van der Waals surface area contributed by atoms with E-state index >= 15 is 0 Å². The van der Waals surface area contributed by atoms with E-state index in [1.807, 2.05) is 89.5 Å². The van der Waals surface area contributed by atoms with E-state index in [2.05, 4.69) is 20.4 Å². The molecule has 0 saturated heterocycles. The van der Waals surface area contributed by atoms with Crippen molar-refractivity contribution in [1.29, 1.82) is 0 Å². The summed E-state index contributed by atoms with van der Waals surface area (Å²) in [6, 6.07) is 27.9. The molecule has 3 aromatic carbocycles. The Morgan fingerprint density at radius 3 is 2.21 bits per heavy atom. The summed E-state index contributed by atoms with van der Waals surface area (Å²) in [6.07, 6.45) is 0.611. The highest BCUT2D eigenvalue weighted by molar-refractivity contribution is 7.98. The molecule has 8 heteroatoms. The van der Waals surface area contributed by atoms with E-state index < -0.39 is 0 Å². The van der Waals surface area contributed by atoms with E-state index in [1.54, 1.807) is 7.11 Å². The van der Waals surface area contributed by atoms with Gasteiger partial charge < -0.3 is 9.15 Å². The molecule has 0 saturated carbocycles. The molecule has 0 aliphatic carbocycles. The smallest absolute Gasteiger partial charge is 0.226 e. The summed E-state index contributed by atoms with van der Waals surface area (Å²) in [6.45, 7) is 0. The van der Waals surface area contributed by atoms with E-state index in [9.17, 15) is 0 Å². The number of benzene rings is 3. The zero-order chi connectivity index (χ0) is 22.5. The lowest BCUT2D eigenvalue weighted by Crippen LogP contribution is -1.99. The van der Waals surface area contributed by atoms with Gasteiger partial charge in [-0.3, -0.25) is 4.57 Å². The quantitative estimate of drug-likeness (QED) is 0.297. The molecule has 0 radical (unpaired) electrons. The fourth-order valence-corrected chi connectivity index (χ4v) is 4.20. The van der Waals surface area contributed by atoms with Crippen molar-refractivity contribution in [3.05, 3.63) is 102 Å². The number of aromatic nitrogens is 5. The first-order valence-electron chi connectivity index (χ1n) is 10.4. The molecule has 0 unspecified atom stereocenters. The second-order valence-electron chi connectivity index (χ2n) is 7.25. The third-order valence-corrected chi connectivity index (χ3v) is 5.94. The van der Waals surface area contributed by atoms with Crippen molar-refractivity contribution in [2.75, 3.05) is 7.11 Å². The fraction of sp³-hybridized carbons (Fsp3) is 0.120. The minimum Gasteiger partial charge on any atom is -0.497 e. The molecule has 7 nitrogen and oxygen atoms in total. The van der Waals surface area contributed by atoms with Crippen LogP contribution < -0.4 is 4.74 Å². The first kappa shape index (κ1) is 21.0. The minimum absolute atomic E-state index is 0.495. The van der Waals surface area contributed by atoms with Gasteiger partial charge in [0.2, 0.25) is 11.8 Å². The summed E-state index contributed by atoms with van der Waals surface area (Å²) in [5.41, 5.74) is 3.06. The first-order valence-corrected chi connectivity index (χ1v) is 11.4. The third kappa shape index (κ3) is 4.80. The van der Waals surface area contributed by atoms with Crippen molar-refractivity contribution in [3.8, 4) is 22.8 Å². The molecule has 0 bridgehead atoms. The minimum atomic E-state index is 0.495. The van der Waals surface area contributed by atoms with Crippen molar-refractivity contribution in [1.82, 2.24) is 25.0 Å². The Labute approximate surface area is 195 Å². The molecule has 5 rings (SSSR count). The predicted molar refractivity (Wildman–Crippen MR) is 126 cm³/mol. The number of thioether (sulfide) groups is 1. The Morgan fingerprint density at radius 1 is 0.788 bits per heavy atom. The van der Waals surface area contributed by atoms with E-state index in [4.69, 9.17) is 9.15 Å². The molecule has 2 aromatic heterocycles. The summed E-state index contributed by atoms with van der Waals surface area (Å²) in [7, 11) is 1.65. The van der Waals surface area contributed by atoms with Gasteiger partial charge in [-0.2, -0.15) is 0 Å². The maximum atomic E-state index is 5.86. The van der Waals surface area contributed by atoms with Crippen LogP contribution in [0.1, 0.15) is 17.3 Å². The van der Waals surface area contributed by atoms with Gasteiger partial charge in [-0.1, -0.05) is 60.3 Å². The molecule has 0 aliphatic heterocycles. The number of nitrogens with zero attached hydrogens (tertiary/aromatic N) is 5. The summed E-state index contributed by atoms with van der Waals surface area (Å²) >= 11 is 1.51. The Hall–Kier alpha value is -3.91. The van der Waals surface area contributed by atoms with Gasteiger partial charge in [-0.05, 0) is 42.0 Å². The molecule has 0 fully saturated rings. The molecule has 0 spiro atoms. The van der Waals surface area contributed by atoms with Gasteiger partial charge in [0.05, 0.1) is 19.3 Å². The predicted octanol–water partition coefficient (Wildman–Crippen LogP) is 5.21. The summed E-state index contributed by atoms with van der Waals surface area (Å²) in [4.78, 5) is 0. The first-order chi connectivity index (χ1) is 16.3. The van der Waals surface area contributed by atoms with Crippen molar-refractivity contribution in [2.24, 2.45) is 0 Å². The summed E-state index contributed by atoms with van der Waals surface area (Å²) in [5, 5.41) is 18.1. The van der Waals surface area contributed by atoms with Gasteiger partial charge >= 0.3 is 0 Å². The Bertz CT molecular complexity index is 1320. The maximum absolute atomic E-state index is 5.86. The van der Waals surface area contributed by atoms with Crippen LogP contribution in [0.15, 0.2) is 94.5 Å². The molecule has 0 amide bonds. The van der Waals surface area contributed by atoms with E-state index in [1.165, 1.54) is 11.8 Å². The summed E-state index contributed by atoms with van der Waals surface area (Å²) < 4.78 is 13.2. The monoisotopic (exact) mass is 455 g/mol. The summed E-state index contributed by atoms with van der Waals surface area (Å²) in [5.74, 6) is 3.19. The molecular formula is C25H21N5O2S. The number of rotatable bonds is 8. The number of methoxy groups -OCH3 is 1. The number of hydrogen-bond acceptors (Lipinski definition) is 7. The standard InChI is InChI=1S/C25H21N5O2S/c1-31-21-14-12-19(13-15-21)24-28-29-25(30(24)20-10-6-3-7-11-20)33-17-23-27-26-22(32-23)16-18-8-4-2-5-9-18/h2-15H,16-17H2,1H3. The van der Waals surface area contributed by atoms with Crippen LogP contribution >= 0.6 is 11.8 Å². The fourth-order valence-electron chi connectivity index (χ4n) is 3.42.